The van der Waals surface area contributed by atoms with Gasteiger partial charge in [-0.1, -0.05) is 108 Å². The van der Waals surface area contributed by atoms with Crippen LogP contribution in [0.25, 0.3) is 10.8 Å². The summed E-state index contributed by atoms with van der Waals surface area (Å²) in [7, 11) is 0. The van der Waals surface area contributed by atoms with E-state index in [0.29, 0.717) is 0 Å². The minimum atomic E-state index is 0.208. The fraction of sp³-hybridized carbons (Fsp3) is 0.385. The predicted molar refractivity (Wildman–Crippen MR) is 122 cm³/mol. The lowest BCUT2D eigenvalue weighted by Crippen LogP contribution is -2.11. The van der Waals surface area contributed by atoms with Gasteiger partial charge in [-0.15, -0.1) is 0 Å². The Balaban J connectivity index is 0.000000194. The Morgan fingerprint density at radius 3 is 1.70 bits per heavy atom. The van der Waals surface area contributed by atoms with Crippen LogP contribution in [0.4, 0.5) is 0 Å². The summed E-state index contributed by atoms with van der Waals surface area (Å²) in [6.45, 7) is 17.5. The number of aryl methyl sites for hydroxylation is 2. The van der Waals surface area contributed by atoms with Crippen molar-refractivity contribution in [3.8, 4) is 0 Å². The molecule has 0 heterocycles. The standard InChI is InChI=1S/C14H16.C12H17Cl/c1-14(2,3)13-10-6-8-11-7-4-5-9-12(11)13;1-8-6-10(12(3,4)5)7-9(2)11(8)13/h4-10H,1-3H3;6-7H,1-5H3. The summed E-state index contributed by atoms with van der Waals surface area (Å²) in [5, 5.41) is 3.61. The van der Waals surface area contributed by atoms with Crippen LogP contribution in [-0.4, -0.2) is 0 Å². The molecule has 0 atom stereocenters. The summed E-state index contributed by atoms with van der Waals surface area (Å²) in [5.74, 6) is 0. The second-order valence-electron chi connectivity index (χ2n) is 9.45. The molecule has 0 bridgehead atoms. The minimum absolute atomic E-state index is 0.208. The van der Waals surface area contributed by atoms with E-state index >= 15 is 0 Å². The van der Waals surface area contributed by atoms with Crippen LogP contribution in [0.1, 0.15) is 63.8 Å². The van der Waals surface area contributed by atoms with E-state index in [0.717, 1.165) is 5.02 Å². The van der Waals surface area contributed by atoms with Gasteiger partial charge in [-0.25, -0.2) is 0 Å². The molecule has 0 aliphatic rings. The summed E-state index contributed by atoms with van der Waals surface area (Å²) >= 11 is 6.10. The van der Waals surface area contributed by atoms with Crippen LogP contribution < -0.4 is 0 Å². The molecular weight excluding hydrogens is 348 g/mol. The van der Waals surface area contributed by atoms with E-state index in [1.807, 2.05) is 0 Å². The normalized spacial score (nSPS) is 11.9. The molecule has 0 aliphatic heterocycles. The van der Waals surface area contributed by atoms with Crippen LogP contribution >= 0.6 is 11.6 Å². The monoisotopic (exact) mass is 380 g/mol. The van der Waals surface area contributed by atoms with Crippen molar-refractivity contribution in [1.82, 2.24) is 0 Å². The molecule has 0 N–H and O–H groups in total. The lowest BCUT2D eigenvalue weighted by molar-refractivity contribution is 0.589. The molecule has 27 heavy (non-hydrogen) atoms. The van der Waals surface area contributed by atoms with Gasteiger partial charge < -0.3 is 0 Å². The first-order valence-corrected chi connectivity index (χ1v) is 10.0. The predicted octanol–water partition coefficient (Wildman–Crippen LogP) is 8.39. The maximum atomic E-state index is 6.10. The van der Waals surface area contributed by atoms with Crippen LogP contribution in [0.5, 0.6) is 0 Å². The van der Waals surface area contributed by atoms with Crippen LogP contribution in [0.15, 0.2) is 54.6 Å². The molecule has 3 rings (SSSR count). The third kappa shape index (κ3) is 5.36. The number of fused-ring (bicyclic) bond motifs is 1. The Kier molecular flexibility index (Phi) is 6.43. The van der Waals surface area contributed by atoms with E-state index in [1.165, 1.54) is 33.0 Å². The van der Waals surface area contributed by atoms with Gasteiger partial charge in [0.25, 0.3) is 0 Å². The summed E-state index contributed by atoms with van der Waals surface area (Å²) in [6.07, 6.45) is 0. The van der Waals surface area contributed by atoms with Crippen molar-refractivity contribution in [2.45, 2.75) is 66.2 Å². The van der Waals surface area contributed by atoms with Gasteiger partial charge in [-0.2, -0.15) is 0 Å². The maximum absolute atomic E-state index is 6.10. The summed E-state index contributed by atoms with van der Waals surface area (Å²) in [6, 6.07) is 19.5. The fourth-order valence-electron chi connectivity index (χ4n) is 3.26. The molecule has 0 nitrogen and oxygen atoms in total. The molecule has 3 aromatic rings. The molecule has 0 saturated heterocycles. The molecular formula is C26H33Cl. The molecule has 0 radical (unpaired) electrons. The minimum Gasteiger partial charge on any atom is -0.0838 e. The molecule has 0 spiro atoms. The zero-order valence-electron chi connectivity index (χ0n) is 18.1. The molecule has 0 fully saturated rings. The summed E-state index contributed by atoms with van der Waals surface area (Å²) in [4.78, 5) is 0. The Morgan fingerprint density at radius 2 is 1.19 bits per heavy atom. The van der Waals surface area contributed by atoms with Crippen molar-refractivity contribution in [1.29, 1.82) is 0 Å². The first-order chi connectivity index (χ1) is 12.4. The second-order valence-corrected chi connectivity index (χ2v) is 9.83. The van der Waals surface area contributed by atoms with Gasteiger partial charge in [0.2, 0.25) is 0 Å². The number of halogens is 1. The Hall–Kier alpha value is -1.79. The van der Waals surface area contributed by atoms with E-state index < -0.39 is 0 Å². The average Bonchev–Trinajstić information content (AvgIpc) is 2.57. The zero-order valence-corrected chi connectivity index (χ0v) is 18.8. The first kappa shape index (κ1) is 21.5. The van der Waals surface area contributed by atoms with Crippen LogP contribution in [0.3, 0.4) is 0 Å². The topological polar surface area (TPSA) is 0 Å². The van der Waals surface area contributed by atoms with E-state index in [-0.39, 0.29) is 10.8 Å². The third-order valence-corrected chi connectivity index (χ3v) is 5.50. The maximum Gasteiger partial charge on any atom is 0.0464 e. The summed E-state index contributed by atoms with van der Waals surface area (Å²) in [5.41, 5.74) is 5.56. The quantitative estimate of drug-likeness (QED) is 0.367. The number of rotatable bonds is 0. The van der Waals surface area contributed by atoms with Crippen molar-refractivity contribution in [2.75, 3.05) is 0 Å². The first-order valence-electron chi connectivity index (χ1n) is 9.67. The highest BCUT2D eigenvalue weighted by Gasteiger charge is 2.16. The van der Waals surface area contributed by atoms with Gasteiger partial charge in [0.05, 0.1) is 0 Å². The number of benzene rings is 3. The van der Waals surface area contributed by atoms with Crippen molar-refractivity contribution in [3.63, 3.8) is 0 Å². The Labute approximate surface area is 170 Å². The number of hydrogen-bond donors (Lipinski definition) is 0. The van der Waals surface area contributed by atoms with Crippen LogP contribution in [0.2, 0.25) is 5.02 Å². The van der Waals surface area contributed by atoms with Crippen LogP contribution in [-0.2, 0) is 10.8 Å². The van der Waals surface area contributed by atoms with Crippen molar-refractivity contribution in [2.24, 2.45) is 0 Å². The van der Waals surface area contributed by atoms with Gasteiger partial charge in [0.15, 0.2) is 0 Å². The average molecular weight is 381 g/mol. The molecule has 0 unspecified atom stereocenters. The lowest BCUT2D eigenvalue weighted by atomic mass is 9.84. The molecule has 0 saturated carbocycles. The Morgan fingerprint density at radius 1 is 0.667 bits per heavy atom. The molecule has 144 valence electrons. The highest BCUT2D eigenvalue weighted by molar-refractivity contribution is 6.32. The largest absolute Gasteiger partial charge is 0.0838 e. The van der Waals surface area contributed by atoms with Crippen molar-refractivity contribution < 1.29 is 0 Å². The van der Waals surface area contributed by atoms with Gasteiger partial charge in [-0.05, 0) is 57.7 Å². The van der Waals surface area contributed by atoms with Gasteiger partial charge >= 0.3 is 0 Å². The van der Waals surface area contributed by atoms with E-state index in [1.54, 1.807) is 0 Å². The van der Waals surface area contributed by atoms with Crippen molar-refractivity contribution >= 4 is 22.4 Å². The zero-order chi connectivity index (χ0) is 20.4. The van der Waals surface area contributed by atoms with E-state index in [2.05, 4.69) is 110 Å². The van der Waals surface area contributed by atoms with E-state index in [4.69, 9.17) is 11.6 Å². The smallest absolute Gasteiger partial charge is 0.0464 e. The molecule has 0 amide bonds. The van der Waals surface area contributed by atoms with Gasteiger partial charge in [-0.3, -0.25) is 0 Å². The molecule has 1 heteroatoms. The van der Waals surface area contributed by atoms with Crippen molar-refractivity contribution in [3.05, 3.63) is 81.9 Å². The second kappa shape index (κ2) is 8.07. The lowest BCUT2D eigenvalue weighted by Gasteiger charge is -2.21. The van der Waals surface area contributed by atoms with Crippen LogP contribution in [0, 0.1) is 13.8 Å². The van der Waals surface area contributed by atoms with Gasteiger partial charge in [0, 0.05) is 5.02 Å². The fourth-order valence-corrected chi connectivity index (χ4v) is 3.37. The highest BCUT2D eigenvalue weighted by Crippen LogP contribution is 2.30. The highest BCUT2D eigenvalue weighted by atomic mass is 35.5. The SMILES string of the molecule is CC(C)(C)c1cccc2ccccc12.Cc1cc(C(C)(C)C)cc(C)c1Cl. The molecule has 3 aromatic carbocycles. The third-order valence-electron chi connectivity index (χ3n) is 4.90. The van der Waals surface area contributed by atoms with E-state index in [9.17, 15) is 0 Å². The van der Waals surface area contributed by atoms with Gasteiger partial charge in [0.1, 0.15) is 0 Å². The number of hydrogen-bond acceptors (Lipinski definition) is 0. The Bertz CT molecular complexity index is 893. The summed E-state index contributed by atoms with van der Waals surface area (Å²) < 4.78 is 0. The molecule has 0 aliphatic carbocycles. The molecule has 0 aromatic heterocycles.